The van der Waals surface area contributed by atoms with E-state index in [1.54, 1.807) is 36.4 Å². The van der Waals surface area contributed by atoms with Gasteiger partial charge in [-0.1, -0.05) is 48.5 Å². The Balaban J connectivity index is 1.86. The summed E-state index contributed by atoms with van der Waals surface area (Å²) in [6, 6.07) is 21.8. The summed E-state index contributed by atoms with van der Waals surface area (Å²) in [6.45, 7) is 1.81. The maximum Gasteiger partial charge on any atom is 0.263 e. The van der Waals surface area contributed by atoms with Crippen LogP contribution in [-0.4, -0.2) is 13.4 Å². The van der Waals surface area contributed by atoms with E-state index in [-0.39, 0.29) is 4.90 Å². The Labute approximate surface area is 135 Å². The van der Waals surface area contributed by atoms with Crippen molar-refractivity contribution < 1.29 is 8.42 Å². The number of hydrogen-bond acceptors (Lipinski definition) is 3. The van der Waals surface area contributed by atoms with Crippen LogP contribution in [0.5, 0.6) is 0 Å². The Morgan fingerprint density at radius 3 is 2.09 bits per heavy atom. The minimum atomic E-state index is -3.64. The van der Waals surface area contributed by atoms with Gasteiger partial charge in [0.1, 0.15) is 5.82 Å². The summed E-state index contributed by atoms with van der Waals surface area (Å²) in [6.07, 6.45) is 0. The first-order valence-electron chi connectivity index (χ1n) is 7.16. The standard InChI is InChI=1S/C18H16N2O2S/c1-14-6-5-9-18(19-14)20-23(21,22)17-12-10-16(11-13-17)15-7-3-2-4-8-15/h2-13H,1H3,(H,19,20). The van der Waals surface area contributed by atoms with Crippen molar-refractivity contribution in [3.05, 3.63) is 78.5 Å². The number of rotatable bonds is 4. The van der Waals surface area contributed by atoms with Crippen molar-refractivity contribution in [2.24, 2.45) is 0 Å². The number of anilines is 1. The first-order chi connectivity index (χ1) is 11.0. The van der Waals surface area contributed by atoms with Gasteiger partial charge in [0.25, 0.3) is 10.0 Å². The number of nitrogens with zero attached hydrogens (tertiary/aromatic N) is 1. The topological polar surface area (TPSA) is 59.1 Å². The van der Waals surface area contributed by atoms with E-state index in [2.05, 4.69) is 9.71 Å². The van der Waals surface area contributed by atoms with Crippen LogP contribution in [0.2, 0.25) is 0 Å². The van der Waals surface area contributed by atoms with E-state index < -0.39 is 10.0 Å². The van der Waals surface area contributed by atoms with E-state index in [0.29, 0.717) is 5.82 Å². The zero-order valence-corrected chi connectivity index (χ0v) is 13.4. The average Bonchev–Trinajstić information content (AvgIpc) is 2.55. The summed E-state index contributed by atoms with van der Waals surface area (Å²) in [4.78, 5) is 4.37. The van der Waals surface area contributed by atoms with Gasteiger partial charge in [-0.25, -0.2) is 13.4 Å². The van der Waals surface area contributed by atoms with E-state index in [9.17, 15) is 8.42 Å². The second kappa shape index (κ2) is 6.22. The molecule has 0 atom stereocenters. The van der Waals surface area contributed by atoms with Gasteiger partial charge in [-0.05, 0) is 42.3 Å². The number of aryl methyl sites for hydroxylation is 1. The fourth-order valence-corrected chi connectivity index (χ4v) is 3.25. The third-order valence-corrected chi connectivity index (χ3v) is 4.77. The summed E-state index contributed by atoms with van der Waals surface area (Å²) >= 11 is 0. The third kappa shape index (κ3) is 3.57. The molecule has 3 rings (SSSR count). The molecule has 2 aromatic carbocycles. The van der Waals surface area contributed by atoms with Crippen molar-refractivity contribution in [2.45, 2.75) is 11.8 Å². The highest BCUT2D eigenvalue weighted by Crippen LogP contribution is 2.22. The Morgan fingerprint density at radius 1 is 0.783 bits per heavy atom. The fraction of sp³-hybridized carbons (Fsp3) is 0.0556. The van der Waals surface area contributed by atoms with Gasteiger partial charge in [0.2, 0.25) is 0 Å². The van der Waals surface area contributed by atoms with Crippen LogP contribution < -0.4 is 4.72 Å². The number of aromatic nitrogens is 1. The van der Waals surface area contributed by atoms with Gasteiger partial charge in [-0.2, -0.15) is 0 Å². The molecule has 1 N–H and O–H groups in total. The van der Waals surface area contributed by atoms with Gasteiger partial charge in [-0.15, -0.1) is 0 Å². The van der Waals surface area contributed by atoms with Crippen molar-refractivity contribution in [2.75, 3.05) is 4.72 Å². The molecule has 0 aliphatic rings. The fourth-order valence-electron chi connectivity index (χ4n) is 2.25. The highest BCUT2D eigenvalue weighted by atomic mass is 32.2. The van der Waals surface area contributed by atoms with Gasteiger partial charge in [0, 0.05) is 5.69 Å². The summed E-state index contributed by atoms with van der Waals surface area (Å²) in [5.74, 6) is 0.317. The quantitative estimate of drug-likeness (QED) is 0.793. The normalized spacial score (nSPS) is 11.2. The Kier molecular flexibility index (Phi) is 4.12. The molecule has 0 aliphatic heterocycles. The van der Waals surface area contributed by atoms with E-state index in [4.69, 9.17) is 0 Å². The second-order valence-corrected chi connectivity index (χ2v) is 6.84. The molecular weight excluding hydrogens is 308 g/mol. The van der Waals surface area contributed by atoms with Crippen LogP contribution in [0.25, 0.3) is 11.1 Å². The van der Waals surface area contributed by atoms with Crippen molar-refractivity contribution in [1.82, 2.24) is 4.98 Å². The Morgan fingerprint density at radius 2 is 1.43 bits per heavy atom. The molecule has 1 heterocycles. The first-order valence-corrected chi connectivity index (χ1v) is 8.65. The van der Waals surface area contributed by atoms with Crippen molar-refractivity contribution >= 4 is 15.8 Å². The van der Waals surface area contributed by atoms with E-state index in [0.717, 1.165) is 16.8 Å². The molecule has 0 spiro atoms. The highest BCUT2D eigenvalue weighted by Gasteiger charge is 2.14. The summed E-state index contributed by atoms with van der Waals surface area (Å²) in [5.41, 5.74) is 2.77. The molecule has 0 aliphatic carbocycles. The van der Waals surface area contributed by atoms with Gasteiger partial charge in [0.05, 0.1) is 4.90 Å². The molecule has 1 aromatic heterocycles. The average molecular weight is 324 g/mol. The number of benzene rings is 2. The van der Waals surface area contributed by atoms with Crippen molar-refractivity contribution in [3.63, 3.8) is 0 Å². The molecule has 0 bridgehead atoms. The lowest BCUT2D eigenvalue weighted by molar-refractivity contribution is 0.601. The zero-order chi connectivity index (χ0) is 16.3. The smallest absolute Gasteiger partial charge is 0.263 e. The molecule has 116 valence electrons. The molecule has 0 radical (unpaired) electrons. The Bertz CT molecular complexity index is 905. The number of nitrogens with one attached hydrogen (secondary N) is 1. The monoisotopic (exact) mass is 324 g/mol. The summed E-state index contributed by atoms with van der Waals surface area (Å²) in [7, 11) is -3.64. The molecular formula is C18H16N2O2S. The van der Waals surface area contributed by atoms with Gasteiger partial charge < -0.3 is 0 Å². The molecule has 0 saturated heterocycles. The van der Waals surface area contributed by atoms with E-state index in [1.807, 2.05) is 43.3 Å². The molecule has 23 heavy (non-hydrogen) atoms. The minimum Gasteiger partial charge on any atom is -0.263 e. The molecule has 0 unspecified atom stereocenters. The molecule has 0 amide bonds. The lowest BCUT2D eigenvalue weighted by atomic mass is 10.1. The molecule has 0 saturated carbocycles. The first kappa shape index (κ1) is 15.2. The van der Waals surface area contributed by atoms with Crippen LogP contribution in [0, 0.1) is 6.92 Å². The van der Waals surface area contributed by atoms with Crippen LogP contribution in [0.1, 0.15) is 5.69 Å². The van der Waals surface area contributed by atoms with Crippen LogP contribution in [-0.2, 0) is 10.0 Å². The molecule has 5 heteroatoms. The lowest BCUT2D eigenvalue weighted by Crippen LogP contribution is -2.14. The lowest BCUT2D eigenvalue weighted by Gasteiger charge is -2.09. The maximum absolute atomic E-state index is 12.4. The highest BCUT2D eigenvalue weighted by molar-refractivity contribution is 7.92. The predicted octanol–water partition coefficient (Wildman–Crippen LogP) is 3.86. The Hall–Kier alpha value is -2.66. The number of pyridine rings is 1. The summed E-state index contributed by atoms with van der Waals surface area (Å²) < 4.78 is 27.3. The van der Waals surface area contributed by atoms with Crippen LogP contribution >= 0.6 is 0 Å². The van der Waals surface area contributed by atoms with E-state index in [1.165, 1.54) is 0 Å². The zero-order valence-electron chi connectivity index (χ0n) is 12.6. The van der Waals surface area contributed by atoms with E-state index >= 15 is 0 Å². The molecule has 3 aromatic rings. The minimum absolute atomic E-state index is 0.209. The SMILES string of the molecule is Cc1cccc(NS(=O)(=O)c2ccc(-c3ccccc3)cc2)n1. The predicted molar refractivity (Wildman–Crippen MR) is 91.7 cm³/mol. The molecule has 4 nitrogen and oxygen atoms in total. The van der Waals surface area contributed by atoms with Crippen molar-refractivity contribution in [3.8, 4) is 11.1 Å². The third-order valence-electron chi connectivity index (χ3n) is 3.40. The van der Waals surface area contributed by atoms with Gasteiger partial charge >= 0.3 is 0 Å². The number of hydrogen-bond donors (Lipinski definition) is 1. The number of sulfonamides is 1. The van der Waals surface area contributed by atoms with Gasteiger partial charge in [0.15, 0.2) is 0 Å². The second-order valence-electron chi connectivity index (χ2n) is 5.16. The largest absolute Gasteiger partial charge is 0.263 e. The molecule has 0 fully saturated rings. The van der Waals surface area contributed by atoms with Crippen molar-refractivity contribution in [1.29, 1.82) is 0 Å². The van der Waals surface area contributed by atoms with Gasteiger partial charge in [-0.3, -0.25) is 4.72 Å². The van der Waals surface area contributed by atoms with Crippen LogP contribution in [0.4, 0.5) is 5.82 Å². The maximum atomic E-state index is 12.4. The van der Waals surface area contributed by atoms with Crippen LogP contribution in [0.3, 0.4) is 0 Å². The summed E-state index contributed by atoms with van der Waals surface area (Å²) in [5, 5.41) is 0. The van der Waals surface area contributed by atoms with Crippen LogP contribution in [0.15, 0.2) is 77.7 Å².